The van der Waals surface area contributed by atoms with Crippen LogP contribution in [-0.4, -0.2) is 50.2 Å². The van der Waals surface area contributed by atoms with Gasteiger partial charge in [-0.05, 0) is 63.4 Å². The van der Waals surface area contributed by atoms with Gasteiger partial charge in [0.2, 0.25) is 0 Å². The van der Waals surface area contributed by atoms with Gasteiger partial charge in [0.25, 0.3) is 0 Å². The summed E-state index contributed by atoms with van der Waals surface area (Å²) in [5, 5.41) is 0.945. The first-order chi connectivity index (χ1) is 15.5. The molecular weight excluding hydrogens is 396 g/mol. The van der Waals surface area contributed by atoms with Crippen LogP contribution in [0.25, 0.3) is 10.9 Å². The van der Waals surface area contributed by atoms with Crippen molar-refractivity contribution in [2.24, 2.45) is 0 Å². The van der Waals surface area contributed by atoms with E-state index in [-0.39, 0.29) is 0 Å². The molecular formula is C26H36N6. The zero-order chi connectivity index (χ0) is 22.7. The minimum atomic E-state index is 0.537. The van der Waals surface area contributed by atoms with E-state index in [1.807, 2.05) is 31.1 Å². The standard InChI is InChI=1S/C13H16N4.C13H20N2/c1-17(2)9-5-6-11-10(7-9)12(14)16-13(15-11)8-3-4-8;1-3-14(4-2)12-8-5-6-9-13(12)15-10-7-11-15/h5-8H,3-4H2,1-2H3,(H2,14,15,16);5-6,8-9H,3-4,7,10-11H2,1-2H3. The maximum absolute atomic E-state index is 6.02. The first-order valence-electron chi connectivity index (χ1n) is 11.8. The smallest absolute Gasteiger partial charge is 0.135 e. The van der Waals surface area contributed by atoms with Crippen LogP contribution < -0.4 is 20.4 Å². The number of nitrogens with zero attached hydrogens (tertiary/aromatic N) is 5. The normalized spacial score (nSPS) is 15.1. The number of aromatic nitrogens is 2. The van der Waals surface area contributed by atoms with Crippen molar-refractivity contribution in [2.75, 3.05) is 60.7 Å². The third kappa shape index (κ3) is 4.74. The quantitative estimate of drug-likeness (QED) is 0.598. The summed E-state index contributed by atoms with van der Waals surface area (Å²) in [6, 6.07) is 14.9. The molecule has 6 heteroatoms. The Morgan fingerprint density at radius 2 is 1.72 bits per heavy atom. The second-order valence-corrected chi connectivity index (χ2v) is 8.84. The number of rotatable bonds is 6. The summed E-state index contributed by atoms with van der Waals surface area (Å²) in [4.78, 5) is 15.9. The molecule has 0 spiro atoms. The van der Waals surface area contributed by atoms with Gasteiger partial charge in [0.1, 0.15) is 11.6 Å². The van der Waals surface area contributed by atoms with E-state index in [4.69, 9.17) is 5.73 Å². The molecule has 0 radical (unpaired) electrons. The molecule has 0 unspecified atom stereocenters. The van der Waals surface area contributed by atoms with Gasteiger partial charge in [0.05, 0.1) is 16.9 Å². The second-order valence-electron chi connectivity index (χ2n) is 8.84. The Kier molecular flexibility index (Phi) is 6.68. The molecule has 5 rings (SSSR count). The highest BCUT2D eigenvalue weighted by molar-refractivity contribution is 5.90. The molecule has 2 N–H and O–H groups in total. The van der Waals surface area contributed by atoms with Gasteiger partial charge in [-0.2, -0.15) is 0 Å². The van der Waals surface area contributed by atoms with Crippen molar-refractivity contribution >= 4 is 33.8 Å². The summed E-state index contributed by atoms with van der Waals surface area (Å²) in [6.45, 7) is 9.05. The molecule has 1 saturated carbocycles. The van der Waals surface area contributed by atoms with E-state index >= 15 is 0 Å². The summed E-state index contributed by atoms with van der Waals surface area (Å²) >= 11 is 0. The van der Waals surface area contributed by atoms with Gasteiger partial charge in [-0.15, -0.1) is 0 Å². The topological polar surface area (TPSA) is 61.5 Å². The van der Waals surface area contributed by atoms with Crippen molar-refractivity contribution in [1.82, 2.24) is 9.97 Å². The van der Waals surface area contributed by atoms with Crippen molar-refractivity contribution in [3.05, 3.63) is 48.3 Å². The third-order valence-electron chi connectivity index (χ3n) is 6.37. The molecule has 2 heterocycles. The highest BCUT2D eigenvalue weighted by Gasteiger charge is 2.27. The maximum Gasteiger partial charge on any atom is 0.135 e. The van der Waals surface area contributed by atoms with Gasteiger partial charge in [0.15, 0.2) is 0 Å². The van der Waals surface area contributed by atoms with Crippen LogP contribution in [0.2, 0.25) is 0 Å². The van der Waals surface area contributed by atoms with E-state index in [1.54, 1.807) is 0 Å². The lowest BCUT2D eigenvalue weighted by molar-refractivity contribution is 0.616. The molecule has 0 bridgehead atoms. The molecule has 2 fully saturated rings. The zero-order valence-electron chi connectivity index (χ0n) is 19.9. The Morgan fingerprint density at radius 3 is 2.31 bits per heavy atom. The number of nitrogen functional groups attached to an aromatic ring is 1. The molecule has 2 aromatic carbocycles. The molecule has 0 amide bonds. The lowest BCUT2D eigenvalue weighted by Gasteiger charge is -2.37. The number of anilines is 4. The summed E-state index contributed by atoms with van der Waals surface area (Å²) in [7, 11) is 4.02. The van der Waals surface area contributed by atoms with Crippen LogP contribution in [0, 0.1) is 0 Å². The lowest BCUT2D eigenvalue weighted by atomic mass is 10.1. The van der Waals surface area contributed by atoms with Crippen LogP contribution in [-0.2, 0) is 0 Å². The minimum Gasteiger partial charge on any atom is -0.383 e. The van der Waals surface area contributed by atoms with Gasteiger partial charge in [-0.1, -0.05) is 12.1 Å². The van der Waals surface area contributed by atoms with Gasteiger partial charge in [-0.3, -0.25) is 0 Å². The fourth-order valence-electron chi connectivity index (χ4n) is 4.08. The molecule has 2 aliphatic rings. The van der Waals surface area contributed by atoms with E-state index in [0.29, 0.717) is 11.7 Å². The fourth-order valence-corrected chi connectivity index (χ4v) is 4.08. The monoisotopic (exact) mass is 432 g/mol. The number of hydrogen-bond acceptors (Lipinski definition) is 6. The van der Waals surface area contributed by atoms with Crippen LogP contribution in [0.4, 0.5) is 22.9 Å². The molecule has 0 atom stereocenters. The van der Waals surface area contributed by atoms with E-state index in [2.05, 4.69) is 63.9 Å². The fraction of sp³-hybridized carbons (Fsp3) is 0.462. The molecule has 1 saturated heterocycles. The maximum atomic E-state index is 6.02. The Hall–Kier alpha value is -3.02. The molecule has 1 aromatic heterocycles. The van der Waals surface area contributed by atoms with Crippen LogP contribution in [0.1, 0.15) is 44.9 Å². The van der Waals surface area contributed by atoms with Crippen LogP contribution >= 0.6 is 0 Å². The molecule has 3 aromatic rings. The predicted molar refractivity (Wildman–Crippen MR) is 137 cm³/mol. The number of para-hydroxylation sites is 2. The summed E-state index contributed by atoms with van der Waals surface area (Å²) < 4.78 is 0. The first kappa shape index (κ1) is 22.2. The van der Waals surface area contributed by atoms with Gasteiger partial charge >= 0.3 is 0 Å². The van der Waals surface area contributed by atoms with Gasteiger partial charge in [0, 0.05) is 57.3 Å². The van der Waals surface area contributed by atoms with Crippen LogP contribution in [0.3, 0.4) is 0 Å². The van der Waals surface area contributed by atoms with E-state index in [1.165, 1.54) is 43.7 Å². The lowest BCUT2D eigenvalue weighted by Crippen LogP contribution is -2.38. The highest BCUT2D eigenvalue weighted by Crippen LogP contribution is 2.39. The largest absolute Gasteiger partial charge is 0.383 e. The average Bonchev–Trinajstić information content (AvgIpc) is 3.60. The highest BCUT2D eigenvalue weighted by atomic mass is 15.2. The number of nitrogens with two attached hydrogens (primary N) is 1. The van der Waals surface area contributed by atoms with Crippen LogP contribution in [0.5, 0.6) is 0 Å². The number of fused-ring (bicyclic) bond motifs is 1. The van der Waals surface area contributed by atoms with Crippen molar-refractivity contribution in [3.63, 3.8) is 0 Å². The summed E-state index contributed by atoms with van der Waals surface area (Å²) in [5.41, 5.74) is 10.9. The Labute approximate surface area is 192 Å². The Balaban J connectivity index is 0.000000155. The summed E-state index contributed by atoms with van der Waals surface area (Å²) in [6.07, 6.45) is 3.73. The van der Waals surface area contributed by atoms with E-state index in [9.17, 15) is 0 Å². The number of hydrogen-bond donors (Lipinski definition) is 1. The molecule has 6 nitrogen and oxygen atoms in total. The van der Waals surface area contributed by atoms with Gasteiger partial charge < -0.3 is 20.4 Å². The van der Waals surface area contributed by atoms with E-state index in [0.717, 1.165) is 35.5 Å². The molecule has 32 heavy (non-hydrogen) atoms. The Bertz CT molecular complexity index is 1050. The Morgan fingerprint density at radius 1 is 1.00 bits per heavy atom. The van der Waals surface area contributed by atoms with Crippen molar-refractivity contribution in [1.29, 1.82) is 0 Å². The van der Waals surface area contributed by atoms with Crippen molar-refractivity contribution in [3.8, 4) is 0 Å². The molecule has 170 valence electrons. The number of benzene rings is 2. The minimum absolute atomic E-state index is 0.537. The predicted octanol–water partition coefficient (Wildman–Crippen LogP) is 4.90. The zero-order valence-corrected chi connectivity index (χ0v) is 19.9. The van der Waals surface area contributed by atoms with Gasteiger partial charge in [-0.25, -0.2) is 9.97 Å². The average molecular weight is 433 g/mol. The second kappa shape index (κ2) is 9.63. The molecule has 1 aliphatic carbocycles. The van der Waals surface area contributed by atoms with Crippen molar-refractivity contribution in [2.45, 2.75) is 39.0 Å². The SMILES string of the molecule is CCN(CC)c1ccccc1N1CCC1.CN(C)c1ccc2nc(C3CC3)nc(N)c2c1. The van der Waals surface area contributed by atoms with Crippen molar-refractivity contribution < 1.29 is 0 Å². The third-order valence-corrected chi connectivity index (χ3v) is 6.37. The molecule has 1 aliphatic heterocycles. The first-order valence-corrected chi connectivity index (χ1v) is 11.8. The van der Waals surface area contributed by atoms with Crippen LogP contribution in [0.15, 0.2) is 42.5 Å². The van der Waals surface area contributed by atoms with E-state index < -0.39 is 0 Å². The summed E-state index contributed by atoms with van der Waals surface area (Å²) in [5.74, 6) is 2.04.